The summed E-state index contributed by atoms with van der Waals surface area (Å²) >= 11 is 0. The summed E-state index contributed by atoms with van der Waals surface area (Å²) in [5.41, 5.74) is -1.11. The molecule has 15 heteroatoms. The van der Waals surface area contributed by atoms with Crippen LogP contribution < -0.4 is 16.0 Å². The van der Waals surface area contributed by atoms with Crippen LogP contribution in [0.4, 0.5) is 0 Å². The molecule has 0 saturated carbocycles. The highest BCUT2D eigenvalue weighted by Crippen LogP contribution is 2.11. The summed E-state index contributed by atoms with van der Waals surface area (Å²) in [4.78, 5) is 69.2. The minimum Gasteiger partial charge on any atom is -0.481 e. The minimum atomic E-state index is -1.11. The van der Waals surface area contributed by atoms with Gasteiger partial charge in [0.05, 0.1) is 31.8 Å². The average Bonchev–Trinajstić information content (AvgIpc) is 3.46. The maximum Gasteiger partial charge on any atom is 0.300 e. The number of carboxylic acids is 1. The smallest absolute Gasteiger partial charge is 0.300 e. The summed E-state index contributed by atoms with van der Waals surface area (Å²) in [6.07, 6.45) is 7.18. The number of rotatable bonds is 4. The zero-order valence-electron chi connectivity index (χ0n) is 17.9. The van der Waals surface area contributed by atoms with Gasteiger partial charge in [-0.1, -0.05) is 0 Å². The maximum absolute atomic E-state index is 10.0. The molecule has 0 atom stereocenters. The summed E-state index contributed by atoms with van der Waals surface area (Å²) in [5, 5.41) is 47.5. The van der Waals surface area contributed by atoms with E-state index in [0.29, 0.717) is 0 Å². The molecule has 0 aromatic rings. The van der Waals surface area contributed by atoms with Crippen LogP contribution in [0.15, 0.2) is 36.5 Å². The van der Waals surface area contributed by atoms with E-state index in [1.54, 1.807) is 0 Å². The van der Waals surface area contributed by atoms with Crippen LogP contribution in [0, 0.1) is 5.41 Å². The lowest BCUT2D eigenvalue weighted by Gasteiger charge is -2.23. The zero-order valence-corrected chi connectivity index (χ0v) is 17.9. The Hall–Kier alpha value is -4.05. The monoisotopic (exact) mass is 487 g/mol. The van der Waals surface area contributed by atoms with Crippen molar-refractivity contribution in [1.82, 2.24) is 16.0 Å². The Morgan fingerprint density at radius 1 is 0.588 bits per heavy atom. The first kappa shape index (κ1) is 32.1. The second kappa shape index (κ2) is 17.5. The Labute approximate surface area is 192 Å². The van der Waals surface area contributed by atoms with Gasteiger partial charge in [-0.25, -0.2) is 0 Å². The minimum absolute atomic E-state index is 0.329. The lowest BCUT2D eigenvalue weighted by atomic mass is 9.93. The topological polar surface area (TPSA) is 257 Å². The highest BCUT2D eigenvalue weighted by molar-refractivity contribution is 6.13. The van der Waals surface area contributed by atoms with Gasteiger partial charge in [-0.15, -0.1) is 0 Å². The van der Waals surface area contributed by atoms with E-state index in [9.17, 15) is 28.8 Å². The van der Waals surface area contributed by atoms with Crippen LogP contribution in [0.5, 0.6) is 0 Å². The number of aliphatic carboxylic acids is 1. The second-order valence-corrected chi connectivity index (χ2v) is 6.21. The van der Waals surface area contributed by atoms with Gasteiger partial charge in [0, 0.05) is 43.4 Å². The molecule has 3 aliphatic heterocycles. The third-order valence-corrected chi connectivity index (χ3v) is 3.24. The molecule has 0 spiro atoms. The van der Waals surface area contributed by atoms with Crippen molar-refractivity contribution in [3.63, 3.8) is 0 Å². The van der Waals surface area contributed by atoms with Gasteiger partial charge in [0.25, 0.3) is 41.4 Å². The largest absolute Gasteiger partial charge is 0.481 e. The summed E-state index contributed by atoms with van der Waals surface area (Å²) in [6.45, 7) is -0.542. The van der Waals surface area contributed by atoms with Crippen LogP contribution in [-0.4, -0.2) is 93.4 Å². The molecule has 0 saturated heterocycles. The Morgan fingerprint density at radius 3 is 0.765 bits per heavy atom. The molecule has 0 bridgehead atoms. The van der Waals surface area contributed by atoms with E-state index in [-0.39, 0.29) is 35.4 Å². The lowest BCUT2D eigenvalue weighted by Crippen LogP contribution is -2.37. The third kappa shape index (κ3) is 16.6. The molecule has 6 amide bonds. The first-order valence-electron chi connectivity index (χ1n) is 9.06. The van der Waals surface area contributed by atoms with E-state index in [0.717, 1.165) is 6.92 Å². The van der Waals surface area contributed by atoms with E-state index >= 15 is 0 Å². The fraction of sp³-hybridized carbons (Fsp3) is 0.316. The van der Waals surface area contributed by atoms with Crippen molar-refractivity contribution >= 4 is 41.4 Å². The third-order valence-electron chi connectivity index (χ3n) is 3.24. The molecule has 8 N–H and O–H groups in total. The van der Waals surface area contributed by atoms with Crippen molar-refractivity contribution < 1.29 is 59.1 Å². The van der Waals surface area contributed by atoms with Gasteiger partial charge >= 0.3 is 0 Å². The number of nitrogens with one attached hydrogen (secondary N) is 3. The van der Waals surface area contributed by atoms with Crippen LogP contribution in [0.3, 0.4) is 0 Å². The molecule has 188 valence electrons. The fourth-order valence-corrected chi connectivity index (χ4v) is 1.37. The van der Waals surface area contributed by atoms with Crippen molar-refractivity contribution in [3.8, 4) is 0 Å². The molecular weight excluding hydrogens is 462 g/mol. The van der Waals surface area contributed by atoms with Gasteiger partial charge in [-0.2, -0.15) is 0 Å². The molecule has 0 unspecified atom stereocenters. The average molecular weight is 487 g/mol. The Kier molecular flexibility index (Phi) is 16.5. The highest BCUT2D eigenvalue weighted by Gasteiger charge is 2.26. The molecule has 0 aliphatic carbocycles. The highest BCUT2D eigenvalue weighted by atomic mass is 16.4. The van der Waals surface area contributed by atoms with Crippen LogP contribution in [0.25, 0.3) is 0 Å². The van der Waals surface area contributed by atoms with Crippen LogP contribution in [0.1, 0.15) is 6.92 Å². The molecule has 0 radical (unpaired) electrons. The van der Waals surface area contributed by atoms with Gasteiger partial charge in [0.15, 0.2) is 0 Å². The Morgan fingerprint density at radius 2 is 0.735 bits per heavy atom. The zero-order chi connectivity index (χ0) is 26.7. The van der Waals surface area contributed by atoms with Crippen molar-refractivity contribution in [2.75, 3.05) is 26.4 Å². The van der Waals surface area contributed by atoms with Crippen LogP contribution >= 0.6 is 0 Å². The number of imide groups is 3. The molecule has 0 fully saturated rings. The van der Waals surface area contributed by atoms with Gasteiger partial charge in [-0.05, 0) is 0 Å². The van der Waals surface area contributed by atoms with Gasteiger partial charge in [0.2, 0.25) is 0 Å². The molecular formula is C19H25N3O12. The number of carboxylic acid groups (broad SMARTS) is 1. The van der Waals surface area contributed by atoms with E-state index in [4.69, 9.17) is 30.3 Å². The van der Waals surface area contributed by atoms with Gasteiger partial charge in [-0.3, -0.25) is 49.5 Å². The Balaban J connectivity index is 0. The van der Waals surface area contributed by atoms with E-state index in [1.807, 2.05) is 16.0 Å². The first-order valence-corrected chi connectivity index (χ1v) is 9.06. The summed E-state index contributed by atoms with van der Waals surface area (Å²) in [5.74, 6) is -2.81. The molecule has 3 aliphatic rings. The number of aliphatic hydroxyl groups is 4. The molecule has 15 nitrogen and oxygen atoms in total. The number of carbonyl (C=O) groups excluding carboxylic acids is 6. The quantitative estimate of drug-likeness (QED) is 0.175. The normalized spacial score (nSPS) is 14.9. The molecule has 0 aromatic heterocycles. The van der Waals surface area contributed by atoms with E-state index in [2.05, 4.69) is 0 Å². The van der Waals surface area contributed by atoms with E-state index < -0.39 is 37.8 Å². The molecule has 3 heterocycles. The number of hydrogen-bond acceptors (Lipinski definition) is 11. The Bertz CT molecular complexity index is 701. The number of aliphatic hydroxyl groups excluding tert-OH is 4. The molecule has 3 rings (SSSR count). The van der Waals surface area contributed by atoms with Crippen molar-refractivity contribution in [2.45, 2.75) is 6.92 Å². The van der Waals surface area contributed by atoms with Gasteiger partial charge < -0.3 is 25.5 Å². The SMILES string of the molecule is CC(=O)O.O=C1C=CC(=O)N1.O=C1C=CC(=O)N1.O=C1C=CC(=O)N1.OCC(CO)(CO)CO. The number of amides is 6. The van der Waals surface area contributed by atoms with Crippen LogP contribution in [0.2, 0.25) is 0 Å². The van der Waals surface area contributed by atoms with Crippen LogP contribution in [-0.2, 0) is 33.6 Å². The summed E-state index contributed by atoms with van der Waals surface area (Å²) in [6, 6.07) is 0. The number of carbonyl (C=O) groups is 7. The van der Waals surface area contributed by atoms with Crippen molar-refractivity contribution in [3.05, 3.63) is 36.5 Å². The molecule has 34 heavy (non-hydrogen) atoms. The standard InChI is InChI=1S/C5H12O4.3C4H3NO2.C2H4O2/c6-1-5(2-7,3-8)4-9;3*6-3-1-2-4(7)5-3;1-2(3)4/h6-9H,1-4H2;3*1-2H,(H,5,6,7);1H3,(H,3,4). The summed E-state index contributed by atoms with van der Waals surface area (Å²) < 4.78 is 0. The predicted octanol–water partition coefficient (Wildman–Crippen LogP) is -4.37. The van der Waals surface area contributed by atoms with Gasteiger partial charge in [0.1, 0.15) is 0 Å². The first-order chi connectivity index (χ1) is 15.8. The number of hydrogen-bond donors (Lipinski definition) is 8. The van der Waals surface area contributed by atoms with Crippen molar-refractivity contribution in [1.29, 1.82) is 0 Å². The molecule has 0 aromatic carbocycles. The van der Waals surface area contributed by atoms with Crippen molar-refractivity contribution in [2.24, 2.45) is 5.41 Å². The fourth-order valence-electron chi connectivity index (χ4n) is 1.37. The second-order valence-electron chi connectivity index (χ2n) is 6.21. The lowest BCUT2D eigenvalue weighted by molar-refractivity contribution is -0.134. The van der Waals surface area contributed by atoms with E-state index in [1.165, 1.54) is 36.5 Å². The summed E-state index contributed by atoms with van der Waals surface area (Å²) in [7, 11) is 0. The maximum atomic E-state index is 10.0. The predicted molar refractivity (Wildman–Crippen MR) is 111 cm³/mol.